The molecule has 1 aromatic rings. The molecule has 0 aromatic carbocycles. The Balaban J connectivity index is 2.55. The normalized spacial score (nSPS) is 11.0. The van der Waals surface area contributed by atoms with Crippen LogP contribution in [-0.4, -0.2) is 25.2 Å². The summed E-state index contributed by atoms with van der Waals surface area (Å²) in [5.41, 5.74) is 0.119. The van der Waals surface area contributed by atoms with Crippen LogP contribution in [0.25, 0.3) is 0 Å². The van der Waals surface area contributed by atoms with Crippen LogP contribution in [0, 0.1) is 11.8 Å². The van der Waals surface area contributed by atoms with Crippen LogP contribution < -0.4 is 0 Å². The van der Waals surface area contributed by atoms with Crippen molar-refractivity contribution in [2.45, 2.75) is 40.5 Å². The third-order valence-corrected chi connectivity index (χ3v) is 2.93. The SMILES string of the molecule is CC(C)CCOC(=O)c1ccoc1C(=O)OCCC(C)C. The van der Waals surface area contributed by atoms with Gasteiger partial charge in [0.2, 0.25) is 5.76 Å². The number of esters is 2. The van der Waals surface area contributed by atoms with E-state index in [9.17, 15) is 9.59 Å². The minimum Gasteiger partial charge on any atom is -0.462 e. The maximum Gasteiger partial charge on any atom is 0.375 e. The monoisotopic (exact) mass is 296 g/mol. The Bertz CT molecular complexity index is 418. The molecule has 0 N–H and O–H groups in total. The Morgan fingerprint density at radius 1 is 1.00 bits per heavy atom. The van der Waals surface area contributed by atoms with E-state index in [-0.39, 0.29) is 11.3 Å². The van der Waals surface area contributed by atoms with Crippen LogP contribution in [0.4, 0.5) is 0 Å². The van der Waals surface area contributed by atoms with Gasteiger partial charge in [0.1, 0.15) is 5.56 Å². The number of ether oxygens (including phenoxy) is 2. The molecule has 1 aromatic heterocycles. The molecule has 0 saturated carbocycles. The molecular weight excluding hydrogens is 272 g/mol. The summed E-state index contributed by atoms with van der Waals surface area (Å²) >= 11 is 0. The summed E-state index contributed by atoms with van der Waals surface area (Å²) in [5, 5.41) is 0. The van der Waals surface area contributed by atoms with Gasteiger partial charge in [-0.05, 0) is 30.7 Å². The molecule has 0 fully saturated rings. The Kier molecular flexibility index (Phi) is 6.99. The largest absolute Gasteiger partial charge is 0.462 e. The van der Waals surface area contributed by atoms with E-state index in [2.05, 4.69) is 0 Å². The van der Waals surface area contributed by atoms with Crippen LogP contribution >= 0.6 is 0 Å². The van der Waals surface area contributed by atoms with Crippen LogP contribution in [0.15, 0.2) is 16.7 Å². The van der Waals surface area contributed by atoms with Crippen LogP contribution in [-0.2, 0) is 9.47 Å². The van der Waals surface area contributed by atoms with E-state index in [0.29, 0.717) is 25.0 Å². The lowest BCUT2D eigenvalue weighted by atomic mass is 10.1. The first-order valence-electron chi connectivity index (χ1n) is 7.33. The first-order chi connectivity index (χ1) is 9.91. The molecule has 0 bridgehead atoms. The van der Waals surface area contributed by atoms with Gasteiger partial charge >= 0.3 is 11.9 Å². The van der Waals surface area contributed by atoms with Gasteiger partial charge in [-0.1, -0.05) is 27.7 Å². The molecule has 0 spiro atoms. The van der Waals surface area contributed by atoms with E-state index in [4.69, 9.17) is 13.9 Å². The summed E-state index contributed by atoms with van der Waals surface area (Å²) in [6, 6.07) is 1.43. The number of carbonyl (C=O) groups excluding carboxylic acids is 2. The van der Waals surface area contributed by atoms with Crippen molar-refractivity contribution in [2.75, 3.05) is 13.2 Å². The zero-order valence-electron chi connectivity index (χ0n) is 13.2. The highest BCUT2D eigenvalue weighted by Gasteiger charge is 2.23. The molecule has 0 atom stereocenters. The topological polar surface area (TPSA) is 65.7 Å². The number of hydrogen-bond acceptors (Lipinski definition) is 5. The Morgan fingerprint density at radius 3 is 2.05 bits per heavy atom. The second-order valence-electron chi connectivity index (χ2n) is 5.80. The zero-order valence-corrected chi connectivity index (χ0v) is 13.2. The average Bonchev–Trinajstić information content (AvgIpc) is 2.86. The van der Waals surface area contributed by atoms with Crippen LogP contribution in [0.2, 0.25) is 0 Å². The second-order valence-corrected chi connectivity index (χ2v) is 5.80. The van der Waals surface area contributed by atoms with E-state index in [1.807, 2.05) is 27.7 Å². The fourth-order valence-electron chi connectivity index (χ4n) is 1.55. The fourth-order valence-corrected chi connectivity index (χ4v) is 1.55. The minimum absolute atomic E-state index is 0.0895. The second kappa shape index (κ2) is 8.49. The highest BCUT2D eigenvalue weighted by molar-refractivity contribution is 6.01. The van der Waals surface area contributed by atoms with Crippen LogP contribution in [0.3, 0.4) is 0 Å². The molecular formula is C16H24O5. The summed E-state index contributed by atoms with van der Waals surface area (Å²) in [5.74, 6) is -0.387. The van der Waals surface area contributed by atoms with Gasteiger partial charge in [-0.3, -0.25) is 0 Å². The van der Waals surface area contributed by atoms with Crippen LogP contribution in [0.5, 0.6) is 0 Å². The smallest absolute Gasteiger partial charge is 0.375 e. The predicted octanol–water partition coefficient (Wildman–Crippen LogP) is 3.69. The highest BCUT2D eigenvalue weighted by atomic mass is 16.5. The average molecular weight is 296 g/mol. The summed E-state index contributed by atoms with van der Waals surface area (Å²) in [6.07, 6.45) is 2.83. The third-order valence-electron chi connectivity index (χ3n) is 2.93. The Labute approximate surface area is 125 Å². The van der Waals surface area contributed by atoms with Gasteiger partial charge < -0.3 is 13.9 Å². The molecule has 0 radical (unpaired) electrons. The van der Waals surface area contributed by atoms with E-state index in [1.54, 1.807) is 0 Å². The van der Waals surface area contributed by atoms with Gasteiger partial charge in [-0.25, -0.2) is 9.59 Å². The summed E-state index contributed by atoms with van der Waals surface area (Å²) < 4.78 is 15.3. The predicted molar refractivity (Wildman–Crippen MR) is 78.2 cm³/mol. The van der Waals surface area contributed by atoms with E-state index < -0.39 is 11.9 Å². The van der Waals surface area contributed by atoms with Gasteiger partial charge in [0, 0.05) is 0 Å². The lowest BCUT2D eigenvalue weighted by Gasteiger charge is -2.08. The van der Waals surface area contributed by atoms with Crippen LogP contribution in [0.1, 0.15) is 61.4 Å². The number of carbonyl (C=O) groups is 2. The highest BCUT2D eigenvalue weighted by Crippen LogP contribution is 2.14. The van der Waals surface area contributed by atoms with Crippen molar-refractivity contribution in [3.63, 3.8) is 0 Å². The lowest BCUT2D eigenvalue weighted by Crippen LogP contribution is -2.14. The third kappa shape index (κ3) is 6.02. The fraction of sp³-hybridized carbons (Fsp3) is 0.625. The molecule has 21 heavy (non-hydrogen) atoms. The first-order valence-corrected chi connectivity index (χ1v) is 7.33. The van der Waals surface area contributed by atoms with Gasteiger partial charge in [0.25, 0.3) is 0 Å². The van der Waals surface area contributed by atoms with Gasteiger partial charge in [0.15, 0.2) is 0 Å². The molecule has 0 unspecified atom stereocenters. The molecule has 0 aliphatic rings. The first kappa shape index (κ1) is 17.3. The van der Waals surface area contributed by atoms with E-state index >= 15 is 0 Å². The maximum atomic E-state index is 11.9. The molecule has 5 nitrogen and oxygen atoms in total. The van der Waals surface area contributed by atoms with E-state index in [0.717, 1.165) is 12.8 Å². The molecule has 0 saturated heterocycles. The van der Waals surface area contributed by atoms with Gasteiger partial charge in [-0.15, -0.1) is 0 Å². The molecule has 0 aliphatic heterocycles. The van der Waals surface area contributed by atoms with Gasteiger partial charge in [-0.2, -0.15) is 0 Å². The van der Waals surface area contributed by atoms with Crippen molar-refractivity contribution in [1.29, 1.82) is 0 Å². The number of furan rings is 1. The molecule has 1 heterocycles. The molecule has 118 valence electrons. The Morgan fingerprint density at radius 2 is 1.52 bits per heavy atom. The van der Waals surface area contributed by atoms with Crippen molar-refractivity contribution in [2.24, 2.45) is 11.8 Å². The zero-order chi connectivity index (χ0) is 15.8. The Hall–Kier alpha value is -1.78. The number of hydrogen-bond donors (Lipinski definition) is 0. The molecule has 0 aliphatic carbocycles. The summed E-state index contributed by atoms with van der Waals surface area (Å²) in [7, 11) is 0. The minimum atomic E-state index is -0.628. The molecule has 5 heteroatoms. The standard InChI is InChI=1S/C16H24O5/c1-11(2)5-8-20-15(17)13-7-10-19-14(13)16(18)21-9-6-12(3)4/h7,10-12H,5-6,8-9H2,1-4H3. The maximum absolute atomic E-state index is 11.9. The van der Waals surface area contributed by atoms with E-state index in [1.165, 1.54) is 12.3 Å². The van der Waals surface area contributed by atoms with Crippen molar-refractivity contribution in [3.8, 4) is 0 Å². The van der Waals surface area contributed by atoms with Crippen molar-refractivity contribution in [1.82, 2.24) is 0 Å². The van der Waals surface area contributed by atoms with Crippen molar-refractivity contribution < 1.29 is 23.5 Å². The van der Waals surface area contributed by atoms with Crippen molar-refractivity contribution >= 4 is 11.9 Å². The molecule has 0 amide bonds. The lowest BCUT2D eigenvalue weighted by molar-refractivity contribution is 0.0413. The number of rotatable bonds is 8. The summed E-state index contributed by atoms with van der Waals surface area (Å²) in [4.78, 5) is 23.8. The summed E-state index contributed by atoms with van der Waals surface area (Å²) in [6.45, 7) is 8.80. The molecule has 1 rings (SSSR count). The van der Waals surface area contributed by atoms with Gasteiger partial charge in [0.05, 0.1) is 19.5 Å². The van der Waals surface area contributed by atoms with Crippen molar-refractivity contribution in [3.05, 3.63) is 23.7 Å². The quantitative estimate of drug-likeness (QED) is 0.684.